The number of furan rings is 1. The summed E-state index contributed by atoms with van der Waals surface area (Å²) in [6.07, 6.45) is 5.30. The van der Waals surface area contributed by atoms with Crippen LogP contribution in [0.4, 0.5) is 0 Å². The van der Waals surface area contributed by atoms with Crippen molar-refractivity contribution in [3.05, 3.63) is 77.1 Å². The van der Waals surface area contributed by atoms with Gasteiger partial charge in [0.2, 0.25) is 5.78 Å². The van der Waals surface area contributed by atoms with Gasteiger partial charge in [0.1, 0.15) is 5.76 Å². The molecule has 0 radical (unpaired) electrons. The number of carbonyl (C=O) groups is 1. The van der Waals surface area contributed by atoms with Crippen molar-refractivity contribution in [1.29, 1.82) is 0 Å². The number of hydrogen-bond acceptors (Lipinski definition) is 4. The zero-order valence-corrected chi connectivity index (χ0v) is 13.8. The zero-order valence-electron chi connectivity index (χ0n) is 12.2. The average Bonchev–Trinajstić information content (AvgIpc) is 3.27. The summed E-state index contributed by atoms with van der Waals surface area (Å²) >= 11 is 6.91. The van der Waals surface area contributed by atoms with Gasteiger partial charge in [-0.05, 0) is 23.6 Å². The van der Waals surface area contributed by atoms with Crippen LogP contribution in [0, 0.1) is 0 Å². The van der Waals surface area contributed by atoms with E-state index in [2.05, 4.69) is 5.32 Å². The largest absolute Gasteiger partial charge is 0.467 e. The second-order valence-corrected chi connectivity index (χ2v) is 6.25. The Kier molecular flexibility index (Phi) is 4.95. The maximum Gasteiger partial charge on any atom is 0.271 e. The third-order valence-electron chi connectivity index (χ3n) is 3.31. The van der Waals surface area contributed by atoms with Gasteiger partial charge in [0.05, 0.1) is 17.7 Å². The predicted octanol–water partition coefficient (Wildman–Crippen LogP) is 3.17. The quantitative estimate of drug-likeness (QED) is 0.424. The first-order valence-electron chi connectivity index (χ1n) is 7.09. The van der Waals surface area contributed by atoms with Crippen LogP contribution in [-0.2, 0) is 6.54 Å². The minimum absolute atomic E-state index is 0.0202. The van der Waals surface area contributed by atoms with Gasteiger partial charge in [-0.15, -0.1) is 11.3 Å². The molecule has 0 aliphatic carbocycles. The number of pyridine rings is 1. The van der Waals surface area contributed by atoms with Gasteiger partial charge in [-0.3, -0.25) is 4.79 Å². The van der Waals surface area contributed by atoms with E-state index in [0.717, 1.165) is 5.76 Å². The normalized spacial score (nSPS) is 11.8. The van der Waals surface area contributed by atoms with E-state index in [4.69, 9.17) is 16.6 Å². The Morgan fingerprint density at radius 3 is 2.70 bits per heavy atom. The SMILES string of the molecule is O=C(c1cccs1)[C@@H](C(=S)NCc1ccco1)[n+]1ccccc1. The van der Waals surface area contributed by atoms with Crippen molar-refractivity contribution in [2.45, 2.75) is 12.6 Å². The Morgan fingerprint density at radius 2 is 2.04 bits per heavy atom. The lowest BCUT2D eigenvalue weighted by molar-refractivity contribution is -0.692. The molecule has 3 aromatic rings. The summed E-state index contributed by atoms with van der Waals surface area (Å²) in [6.45, 7) is 0.452. The van der Waals surface area contributed by atoms with Crippen LogP contribution in [0.1, 0.15) is 21.5 Å². The molecule has 23 heavy (non-hydrogen) atoms. The minimum Gasteiger partial charge on any atom is -0.467 e. The molecule has 0 unspecified atom stereocenters. The average molecular weight is 343 g/mol. The van der Waals surface area contributed by atoms with Gasteiger partial charge in [-0.2, -0.15) is 4.57 Å². The molecule has 3 aromatic heterocycles. The topological polar surface area (TPSA) is 46.1 Å². The Labute approximate surface area is 143 Å². The molecule has 0 fully saturated rings. The fraction of sp³-hybridized carbons (Fsp3) is 0.118. The van der Waals surface area contributed by atoms with E-state index in [1.807, 2.05) is 64.8 Å². The molecule has 1 N–H and O–H groups in total. The second kappa shape index (κ2) is 7.30. The number of hydrogen-bond donors (Lipinski definition) is 1. The van der Waals surface area contributed by atoms with E-state index in [1.165, 1.54) is 11.3 Å². The van der Waals surface area contributed by atoms with Crippen LogP contribution in [0.3, 0.4) is 0 Å². The second-order valence-electron chi connectivity index (χ2n) is 4.86. The van der Waals surface area contributed by atoms with Crippen molar-refractivity contribution >= 4 is 34.3 Å². The van der Waals surface area contributed by atoms with Gasteiger partial charge < -0.3 is 9.73 Å². The van der Waals surface area contributed by atoms with Gasteiger partial charge in [-0.1, -0.05) is 24.4 Å². The summed E-state index contributed by atoms with van der Waals surface area (Å²) < 4.78 is 7.11. The maximum atomic E-state index is 12.8. The maximum absolute atomic E-state index is 12.8. The van der Waals surface area contributed by atoms with E-state index >= 15 is 0 Å². The van der Waals surface area contributed by atoms with Crippen LogP contribution in [0.2, 0.25) is 0 Å². The highest BCUT2D eigenvalue weighted by Gasteiger charge is 2.33. The summed E-state index contributed by atoms with van der Waals surface area (Å²) in [4.78, 5) is 14.0. The van der Waals surface area contributed by atoms with Gasteiger partial charge in [-0.25, -0.2) is 0 Å². The molecular formula is C17H15N2O2S2+. The summed E-state index contributed by atoms with van der Waals surface area (Å²) in [5.74, 6) is 0.751. The summed E-state index contributed by atoms with van der Waals surface area (Å²) in [6, 6.07) is 12.5. The third kappa shape index (κ3) is 3.72. The summed E-state index contributed by atoms with van der Waals surface area (Å²) in [5, 5.41) is 5.02. The lowest BCUT2D eigenvalue weighted by atomic mass is 10.1. The van der Waals surface area contributed by atoms with Gasteiger partial charge in [0.15, 0.2) is 17.4 Å². The molecule has 3 rings (SSSR count). The molecule has 0 saturated heterocycles. The lowest BCUT2D eigenvalue weighted by Crippen LogP contribution is -2.51. The summed E-state index contributed by atoms with van der Waals surface area (Å²) in [7, 11) is 0. The molecule has 0 aliphatic rings. The number of thiocarbonyl (C=S) groups is 1. The highest BCUT2D eigenvalue weighted by atomic mass is 32.1. The Hall–Kier alpha value is -2.31. The standard InChI is InChI=1S/C17H14N2O2S2/c20-16(14-7-5-11-23-14)15(19-8-2-1-3-9-19)17(22)18-12-13-6-4-10-21-13/h1-11,15H,12H2/p+1/t15-/m0/s1. The van der Waals surface area contributed by atoms with Crippen LogP contribution < -0.4 is 9.88 Å². The number of Topliss-reactive ketones (excluding diaryl/α,β-unsaturated/α-hetero) is 1. The zero-order chi connectivity index (χ0) is 16.1. The first-order chi connectivity index (χ1) is 11.3. The highest BCUT2D eigenvalue weighted by molar-refractivity contribution is 7.80. The monoisotopic (exact) mass is 343 g/mol. The van der Waals surface area contributed by atoms with E-state index < -0.39 is 6.04 Å². The number of ketones is 1. The molecule has 1 atom stereocenters. The first-order valence-corrected chi connectivity index (χ1v) is 8.38. The smallest absolute Gasteiger partial charge is 0.271 e. The molecule has 0 saturated carbocycles. The number of carbonyl (C=O) groups excluding carboxylic acids is 1. The van der Waals surface area contributed by atoms with Gasteiger partial charge in [0, 0.05) is 12.1 Å². The summed E-state index contributed by atoms with van der Waals surface area (Å²) in [5.41, 5.74) is 0. The van der Waals surface area contributed by atoms with Crippen molar-refractivity contribution in [2.75, 3.05) is 0 Å². The number of rotatable bonds is 6. The molecular weight excluding hydrogens is 328 g/mol. The molecule has 116 valence electrons. The number of nitrogens with one attached hydrogen (secondary N) is 1. The van der Waals surface area contributed by atoms with Crippen molar-refractivity contribution in [1.82, 2.24) is 5.32 Å². The fourth-order valence-electron chi connectivity index (χ4n) is 2.21. The van der Waals surface area contributed by atoms with Gasteiger partial charge >= 0.3 is 0 Å². The molecule has 3 heterocycles. The van der Waals surface area contributed by atoms with Crippen LogP contribution in [0.5, 0.6) is 0 Å². The van der Waals surface area contributed by atoms with Gasteiger partial charge in [0.25, 0.3) is 6.04 Å². The molecule has 0 spiro atoms. The van der Waals surface area contributed by atoms with Crippen LogP contribution in [-0.4, -0.2) is 10.8 Å². The minimum atomic E-state index is -0.570. The Balaban J connectivity index is 1.83. The molecule has 0 aliphatic heterocycles. The molecule has 0 aromatic carbocycles. The van der Waals surface area contributed by atoms with E-state index in [-0.39, 0.29) is 5.78 Å². The van der Waals surface area contributed by atoms with Crippen LogP contribution >= 0.6 is 23.6 Å². The Morgan fingerprint density at radius 1 is 1.22 bits per heavy atom. The molecule has 0 bridgehead atoms. The molecule has 0 amide bonds. The number of aromatic nitrogens is 1. The van der Waals surface area contributed by atoms with Crippen molar-refractivity contribution < 1.29 is 13.8 Å². The van der Waals surface area contributed by atoms with Crippen LogP contribution in [0.25, 0.3) is 0 Å². The fourth-order valence-corrected chi connectivity index (χ4v) is 3.20. The molecule has 4 nitrogen and oxygen atoms in total. The predicted molar refractivity (Wildman–Crippen MR) is 92.5 cm³/mol. The van der Waals surface area contributed by atoms with Crippen molar-refractivity contribution in [3.63, 3.8) is 0 Å². The van der Waals surface area contributed by atoms with E-state index in [9.17, 15) is 4.79 Å². The third-order valence-corrected chi connectivity index (χ3v) is 4.57. The van der Waals surface area contributed by atoms with Crippen LogP contribution in [0.15, 0.2) is 70.9 Å². The van der Waals surface area contributed by atoms with E-state index in [1.54, 1.807) is 6.26 Å². The highest BCUT2D eigenvalue weighted by Crippen LogP contribution is 2.16. The lowest BCUT2D eigenvalue weighted by Gasteiger charge is -2.13. The Bertz CT molecular complexity index is 768. The molecule has 6 heteroatoms. The number of thiophene rings is 1. The van der Waals surface area contributed by atoms with E-state index in [0.29, 0.717) is 16.4 Å². The van der Waals surface area contributed by atoms with Crippen molar-refractivity contribution in [3.8, 4) is 0 Å². The number of nitrogens with zero attached hydrogens (tertiary/aromatic N) is 1. The first kappa shape index (κ1) is 15.6. The van der Waals surface area contributed by atoms with Crippen molar-refractivity contribution in [2.24, 2.45) is 0 Å².